The van der Waals surface area contributed by atoms with Crippen LogP contribution in [-0.2, 0) is 167 Å². The van der Waals surface area contributed by atoms with Gasteiger partial charge in [0.2, 0.25) is 6.36 Å². The van der Waals surface area contributed by atoms with Crippen LogP contribution in [-0.4, -0.2) is 149 Å². The maximum atomic E-state index is 17.7. The molecule has 0 aromatic heterocycles. The molecule has 4 aliphatic heterocycles. The minimum absolute atomic E-state index is 0.00645. The van der Waals surface area contributed by atoms with E-state index in [0.717, 1.165) is 61.2 Å². The summed E-state index contributed by atoms with van der Waals surface area (Å²) in [5, 5.41) is 0. The minimum Gasteiger partial charge on any atom is -0.457 e. The van der Waals surface area contributed by atoms with Gasteiger partial charge in [-0.05, 0) is 61.2 Å². The number of esters is 1. The highest BCUT2D eigenvalue weighted by atomic mass is 19.1. The van der Waals surface area contributed by atoms with Crippen molar-refractivity contribution >= 4 is 5.97 Å². The minimum atomic E-state index is -2.19. The molecular weight excluding hydrogens is 1590 g/mol. The van der Waals surface area contributed by atoms with Crippen LogP contribution in [0, 0.1) is 5.92 Å². The van der Waals surface area contributed by atoms with Crippen LogP contribution in [0.15, 0.2) is 334 Å². The molecule has 4 heterocycles. The lowest BCUT2D eigenvalue weighted by Gasteiger charge is -2.51. The van der Waals surface area contributed by atoms with Crippen molar-refractivity contribution in [3.63, 3.8) is 0 Å². The van der Waals surface area contributed by atoms with Crippen molar-refractivity contribution in [2.45, 2.75) is 203 Å². The summed E-state index contributed by atoms with van der Waals surface area (Å²) in [6.45, 7) is 4.00. The number of hydrogen-bond donors (Lipinski definition) is 0. The van der Waals surface area contributed by atoms with Crippen molar-refractivity contribution in [3.05, 3.63) is 395 Å². The van der Waals surface area contributed by atoms with Crippen LogP contribution in [0.1, 0.15) is 75.0 Å². The molecule has 0 amide bonds. The molecule has 20 atom stereocenters. The average molecular weight is 1700 g/mol. The van der Waals surface area contributed by atoms with Gasteiger partial charge in [-0.2, -0.15) is 0 Å². The molecule has 4 saturated heterocycles. The standard InChI is InChI=1S/C104H111FO20/c1-73-90(109-60-77-40-18-5-19-41-77)91(110-61-78-42-20-6-21-43-78)86(69-107-58-75-36-14-3-15-37-75)122-102(73)118-72-89-93(112-63-80-46-24-8-25-47-80)95(114-65-82-50-28-10-29-51-82)99(117-68-85-56-34-13-35-57-85)104(124-89)125-100-96(115-66-83-52-30-11-31-53-83)92(111-62-79-44-22-7-23-45-79)87(70-108-59-76-38-16-4-17-39-76)123-103(100)119-71-88-94(113-64-81-48-26-9-27-49-81)97(120-74(2)106)98(101(105)121-88)116-67-84-54-32-12-33-55-84/h3-57,73,86-104H,58-72H2,1-2H3/t73?,86?,87?,88?,89?,90-,91-,92-,93-,94-,95+,96-,97-,98?,99?,100?,101+,102-,103+,104-/m1/s1. The third kappa shape index (κ3) is 26.4. The first-order chi connectivity index (χ1) is 61.6. The third-order valence-corrected chi connectivity index (χ3v) is 22.5. The van der Waals surface area contributed by atoms with E-state index in [1.807, 2.05) is 341 Å². The Kier molecular flexibility index (Phi) is 34.2. The Balaban J connectivity index is 0.842. The van der Waals surface area contributed by atoms with Gasteiger partial charge in [0.1, 0.15) is 73.2 Å². The summed E-state index contributed by atoms with van der Waals surface area (Å²) in [7, 11) is 0. The van der Waals surface area contributed by atoms with Crippen molar-refractivity contribution < 1.29 is 99.2 Å². The summed E-state index contributed by atoms with van der Waals surface area (Å²) in [6, 6.07) is 108. The molecule has 8 unspecified atom stereocenters. The second-order valence-corrected chi connectivity index (χ2v) is 31.7. The second kappa shape index (κ2) is 47.6. The zero-order chi connectivity index (χ0) is 85.4. The van der Waals surface area contributed by atoms with E-state index >= 15 is 4.39 Å². The van der Waals surface area contributed by atoms with E-state index in [4.69, 9.17) is 90.0 Å². The molecule has 15 rings (SSSR count). The fourth-order valence-corrected chi connectivity index (χ4v) is 16.1. The van der Waals surface area contributed by atoms with Gasteiger partial charge in [-0.1, -0.05) is 341 Å². The number of rotatable bonds is 44. The van der Waals surface area contributed by atoms with Gasteiger partial charge in [-0.25, -0.2) is 4.39 Å². The van der Waals surface area contributed by atoms with Crippen LogP contribution in [0.25, 0.3) is 0 Å². The van der Waals surface area contributed by atoms with Crippen LogP contribution in [0.3, 0.4) is 0 Å². The second-order valence-electron chi connectivity index (χ2n) is 31.7. The van der Waals surface area contributed by atoms with E-state index < -0.39 is 135 Å². The zero-order valence-corrected chi connectivity index (χ0v) is 70.5. The first-order valence-corrected chi connectivity index (χ1v) is 43.1. The lowest BCUT2D eigenvalue weighted by Crippen LogP contribution is -2.67. The van der Waals surface area contributed by atoms with Gasteiger partial charge in [0.15, 0.2) is 31.1 Å². The number of carbonyl (C=O) groups excluding carboxylic acids is 1. The van der Waals surface area contributed by atoms with Gasteiger partial charge in [0.05, 0.1) is 105 Å². The summed E-state index contributed by atoms with van der Waals surface area (Å²) >= 11 is 0. The van der Waals surface area contributed by atoms with Gasteiger partial charge in [0.25, 0.3) is 0 Å². The summed E-state index contributed by atoms with van der Waals surface area (Å²) in [5.41, 5.74) is 9.64. The van der Waals surface area contributed by atoms with Crippen LogP contribution < -0.4 is 0 Å². The molecule has 0 bridgehead atoms. The summed E-state index contributed by atoms with van der Waals surface area (Å²) in [4.78, 5) is 13.5. The number of alkyl halides is 1. The Labute approximate surface area is 731 Å². The van der Waals surface area contributed by atoms with Crippen molar-refractivity contribution in [1.29, 1.82) is 0 Å². The highest BCUT2D eigenvalue weighted by molar-refractivity contribution is 5.66. The molecule has 0 spiro atoms. The summed E-state index contributed by atoms with van der Waals surface area (Å²) < 4.78 is 153. The van der Waals surface area contributed by atoms with Gasteiger partial charge >= 0.3 is 5.97 Å². The van der Waals surface area contributed by atoms with E-state index in [2.05, 4.69) is 0 Å². The molecule has 654 valence electrons. The molecule has 4 aliphatic rings. The smallest absolute Gasteiger partial charge is 0.303 e. The normalized spacial score (nSPS) is 26.2. The third-order valence-electron chi connectivity index (χ3n) is 22.5. The Morgan fingerprint density at radius 2 is 0.472 bits per heavy atom. The number of hydrogen-bond acceptors (Lipinski definition) is 20. The number of halogens is 1. The topological polar surface area (TPSA) is 192 Å². The van der Waals surface area contributed by atoms with Crippen LogP contribution in [0.2, 0.25) is 0 Å². The molecule has 0 saturated carbocycles. The number of carbonyl (C=O) groups is 1. The quantitative estimate of drug-likeness (QED) is 0.0327. The predicted octanol–water partition coefficient (Wildman–Crippen LogP) is 17.5. The maximum Gasteiger partial charge on any atom is 0.303 e. The van der Waals surface area contributed by atoms with Crippen LogP contribution in [0.4, 0.5) is 4.39 Å². The molecule has 20 nitrogen and oxygen atoms in total. The Morgan fingerprint density at radius 3 is 0.800 bits per heavy atom. The largest absolute Gasteiger partial charge is 0.457 e. The molecule has 125 heavy (non-hydrogen) atoms. The average Bonchev–Trinajstić information content (AvgIpc) is 0.766. The predicted molar refractivity (Wildman–Crippen MR) is 465 cm³/mol. The zero-order valence-electron chi connectivity index (χ0n) is 70.5. The fraction of sp³-hybridized carbons (Fsp3) is 0.356. The van der Waals surface area contributed by atoms with Crippen molar-refractivity contribution in [2.24, 2.45) is 5.92 Å². The molecule has 0 aliphatic carbocycles. The van der Waals surface area contributed by atoms with Gasteiger partial charge < -0.3 is 90.0 Å². The summed E-state index contributed by atoms with van der Waals surface area (Å²) in [6.07, 6.45) is -22.5. The highest BCUT2D eigenvalue weighted by Crippen LogP contribution is 2.41. The number of ether oxygens (including phenoxy) is 19. The van der Waals surface area contributed by atoms with E-state index in [-0.39, 0.29) is 85.9 Å². The molecule has 11 aromatic carbocycles. The van der Waals surface area contributed by atoms with Crippen molar-refractivity contribution in [2.75, 3.05) is 26.4 Å². The summed E-state index contributed by atoms with van der Waals surface area (Å²) in [5.74, 6) is -1.20. The Morgan fingerprint density at radius 1 is 0.240 bits per heavy atom. The van der Waals surface area contributed by atoms with Crippen LogP contribution in [0.5, 0.6) is 0 Å². The van der Waals surface area contributed by atoms with Crippen molar-refractivity contribution in [3.8, 4) is 0 Å². The van der Waals surface area contributed by atoms with Gasteiger partial charge in [-0.15, -0.1) is 0 Å². The Bertz CT molecular complexity index is 4830. The molecule has 4 fully saturated rings. The van der Waals surface area contributed by atoms with Gasteiger partial charge in [0, 0.05) is 12.8 Å². The lowest BCUT2D eigenvalue weighted by molar-refractivity contribution is -0.389. The molecule has 0 N–H and O–H groups in total. The van der Waals surface area contributed by atoms with E-state index in [1.165, 1.54) is 6.92 Å². The molecule has 21 heteroatoms. The maximum absolute atomic E-state index is 17.7. The van der Waals surface area contributed by atoms with E-state index in [1.54, 1.807) is 0 Å². The monoisotopic (exact) mass is 1700 g/mol. The van der Waals surface area contributed by atoms with Crippen LogP contribution >= 0.6 is 0 Å². The van der Waals surface area contributed by atoms with Gasteiger partial charge in [-0.3, -0.25) is 4.79 Å². The fourth-order valence-electron chi connectivity index (χ4n) is 16.1. The first-order valence-electron chi connectivity index (χ1n) is 43.1. The van der Waals surface area contributed by atoms with E-state index in [0.29, 0.717) is 6.61 Å². The van der Waals surface area contributed by atoms with E-state index in [9.17, 15) is 4.79 Å². The molecule has 11 aromatic rings. The lowest BCUT2D eigenvalue weighted by atomic mass is 9.91. The highest BCUT2D eigenvalue weighted by Gasteiger charge is 2.57. The molecular formula is C104H111FO20. The Hall–Kier alpha value is -9.90. The molecule has 0 radical (unpaired) electrons. The first kappa shape index (κ1) is 89.9. The van der Waals surface area contributed by atoms with Crippen molar-refractivity contribution in [1.82, 2.24) is 0 Å². The number of benzene rings is 11. The SMILES string of the molecule is CC(=O)O[C@H]1C(OCc2ccccc2)[C@@H](F)OC(CO[C@H]2OC(COCc3ccccc3)[C@@H](OCc3ccccc3)[C@@H](OCc3ccccc3)C2O[C@H]2OC(CO[C@@H]3OC(COCc4ccccc4)[C@@H](OCc4ccccc4)[C@H](OCc4ccccc4)C3C)[C@@H](OCc3ccccc3)[C@H](OCc3ccccc3)C2OCc2ccccc2)[C@H]1OCc1ccccc1.